The van der Waals surface area contributed by atoms with Gasteiger partial charge in [-0.15, -0.1) is 0 Å². The first kappa shape index (κ1) is 11.4. The predicted octanol–water partition coefficient (Wildman–Crippen LogP) is 1.18. The van der Waals surface area contributed by atoms with Crippen molar-refractivity contribution in [3.8, 4) is 0 Å². The van der Waals surface area contributed by atoms with Crippen LogP contribution >= 0.6 is 0 Å². The van der Waals surface area contributed by atoms with Crippen molar-refractivity contribution in [2.75, 3.05) is 12.3 Å². The lowest BCUT2D eigenvalue weighted by Crippen LogP contribution is -1.88. The first-order valence-corrected chi connectivity index (χ1v) is 3.72. The minimum atomic E-state index is -0.459. The lowest BCUT2D eigenvalue weighted by molar-refractivity contribution is -0.384. The molecule has 0 radical (unpaired) electrons. The maximum absolute atomic E-state index is 10.1. The zero-order chi connectivity index (χ0) is 10.3. The fourth-order valence-corrected chi connectivity index (χ4v) is 0.596. The standard InChI is InChI=1S/C6H6N2O2.C2H6O/c7-5-1-3-6(4-2-5)8(9)10;1-2-3/h1-4H,7H2;3H,2H2,1H3. The minimum absolute atomic E-state index is 0.0641. The molecule has 1 aromatic rings. The van der Waals surface area contributed by atoms with Crippen LogP contribution in [0.3, 0.4) is 0 Å². The molecule has 5 heteroatoms. The number of rotatable bonds is 1. The van der Waals surface area contributed by atoms with Crippen molar-refractivity contribution < 1.29 is 10.0 Å². The van der Waals surface area contributed by atoms with E-state index in [4.69, 9.17) is 10.8 Å². The number of anilines is 1. The highest BCUT2D eigenvalue weighted by Crippen LogP contribution is 2.11. The van der Waals surface area contributed by atoms with E-state index in [1.54, 1.807) is 6.92 Å². The summed E-state index contributed by atoms with van der Waals surface area (Å²) >= 11 is 0. The maximum Gasteiger partial charge on any atom is 0.269 e. The minimum Gasteiger partial charge on any atom is -0.399 e. The molecule has 0 saturated carbocycles. The Kier molecular flexibility index (Phi) is 5.22. The molecule has 0 aliphatic carbocycles. The summed E-state index contributed by atoms with van der Waals surface area (Å²) in [6.45, 7) is 1.93. The van der Waals surface area contributed by atoms with E-state index in [9.17, 15) is 10.1 Å². The Bertz CT molecular complexity index is 259. The van der Waals surface area contributed by atoms with E-state index in [1.807, 2.05) is 0 Å². The summed E-state index contributed by atoms with van der Waals surface area (Å²) in [6, 6.07) is 5.74. The van der Waals surface area contributed by atoms with Gasteiger partial charge in [0.2, 0.25) is 0 Å². The first-order valence-electron chi connectivity index (χ1n) is 3.72. The molecular formula is C8H12N2O3. The molecule has 0 amide bonds. The second-order valence-corrected chi connectivity index (χ2v) is 2.16. The maximum atomic E-state index is 10.1. The van der Waals surface area contributed by atoms with E-state index in [2.05, 4.69) is 0 Å². The summed E-state index contributed by atoms with van der Waals surface area (Å²) in [5, 5.41) is 17.6. The van der Waals surface area contributed by atoms with Crippen LogP contribution in [0.2, 0.25) is 0 Å². The monoisotopic (exact) mass is 184 g/mol. The van der Waals surface area contributed by atoms with Crippen LogP contribution < -0.4 is 5.73 Å². The highest BCUT2D eigenvalue weighted by molar-refractivity contribution is 5.44. The highest BCUT2D eigenvalue weighted by atomic mass is 16.6. The van der Waals surface area contributed by atoms with Crippen LogP contribution in [0.15, 0.2) is 24.3 Å². The molecule has 0 unspecified atom stereocenters. The fourth-order valence-electron chi connectivity index (χ4n) is 0.596. The Morgan fingerprint density at radius 2 is 1.85 bits per heavy atom. The number of nitrogens with zero attached hydrogens (tertiary/aromatic N) is 1. The van der Waals surface area contributed by atoms with E-state index in [0.29, 0.717) is 5.69 Å². The molecule has 5 nitrogen and oxygen atoms in total. The summed E-state index contributed by atoms with van der Waals surface area (Å²) < 4.78 is 0. The van der Waals surface area contributed by atoms with Gasteiger partial charge in [0.15, 0.2) is 0 Å². The third-order valence-electron chi connectivity index (χ3n) is 1.10. The summed E-state index contributed by atoms with van der Waals surface area (Å²) in [4.78, 5) is 9.62. The average molecular weight is 184 g/mol. The molecular weight excluding hydrogens is 172 g/mol. The normalized spacial score (nSPS) is 8.46. The number of nitrogens with two attached hydrogens (primary N) is 1. The van der Waals surface area contributed by atoms with Gasteiger partial charge in [0.05, 0.1) is 4.92 Å². The highest BCUT2D eigenvalue weighted by Gasteiger charge is 2.00. The molecule has 0 aromatic heterocycles. The second kappa shape index (κ2) is 5.96. The Balaban J connectivity index is 0.000000424. The molecule has 0 spiro atoms. The van der Waals surface area contributed by atoms with Crippen molar-refractivity contribution >= 4 is 11.4 Å². The summed E-state index contributed by atoms with van der Waals surface area (Å²) in [7, 11) is 0. The van der Waals surface area contributed by atoms with Crippen molar-refractivity contribution in [2.24, 2.45) is 0 Å². The van der Waals surface area contributed by atoms with E-state index in [1.165, 1.54) is 24.3 Å². The van der Waals surface area contributed by atoms with E-state index in [0.717, 1.165) is 0 Å². The fraction of sp³-hybridized carbons (Fsp3) is 0.250. The molecule has 0 bridgehead atoms. The number of nitro benzene ring substituents is 1. The molecule has 0 atom stereocenters. The Morgan fingerprint density at radius 3 is 2.15 bits per heavy atom. The lowest BCUT2D eigenvalue weighted by Gasteiger charge is -1.90. The van der Waals surface area contributed by atoms with Crippen LogP contribution in [0.4, 0.5) is 11.4 Å². The van der Waals surface area contributed by atoms with E-state index in [-0.39, 0.29) is 12.3 Å². The van der Waals surface area contributed by atoms with Crippen LogP contribution in [0, 0.1) is 10.1 Å². The molecule has 0 aliphatic rings. The van der Waals surface area contributed by atoms with Gasteiger partial charge in [-0.25, -0.2) is 0 Å². The quantitative estimate of drug-likeness (QED) is 0.389. The average Bonchev–Trinajstić information content (AvgIpc) is 2.06. The number of benzene rings is 1. The molecule has 0 fully saturated rings. The van der Waals surface area contributed by atoms with Crippen LogP contribution in [-0.4, -0.2) is 16.6 Å². The van der Waals surface area contributed by atoms with Gasteiger partial charge in [-0.2, -0.15) is 0 Å². The first-order chi connectivity index (χ1) is 6.11. The summed E-state index contributed by atoms with van der Waals surface area (Å²) in [6.07, 6.45) is 0. The van der Waals surface area contributed by atoms with Crippen molar-refractivity contribution in [1.82, 2.24) is 0 Å². The molecule has 3 N–H and O–H groups in total. The number of aliphatic hydroxyl groups is 1. The van der Waals surface area contributed by atoms with Gasteiger partial charge in [-0.05, 0) is 19.1 Å². The number of non-ortho nitro benzene ring substituents is 1. The largest absolute Gasteiger partial charge is 0.399 e. The van der Waals surface area contributed by atoms with Gasteiger partial charge in [0.25, 0.3) is 5.69 Å². The molecule has 72 valence electrons. The molecule has 1 rings (SSSR count). The second-order valence-electron chi connectivity index (χ2n) is 2.16. The smallest absolute Gasteiger partial charge is 0.269 e. The molecule has 13 heavy (non-hydrogen) atoms. The SMILES string of the molecule is CCO.Nc1ccc([N+](=O)[O-])cc1. The Labute approximate surface area is 76.0 Å². The lowest BCUT2D eigenvalue weighted by atomic mass is 10.3. The third kappa shape index (κ3) is 4.76. The van der Waals surface area contributed by atoms with E-state index < -0.39 is 4.92 Å². The number of hydrogen-bond acceptors (Lipinski definition) is 4. The van der Waals surface area contributed by atoms with Gasteiger partial charge < -0.3 is 10.8 Å². The van der Waals surface area contributed by atoms with Crippen LogP contribution in [0.25, 0.3) is 0 Å². The molecule has 0 saturated heterocycles. The molecule has 0 aliphatic heterocycles. The zero-order valence-corrected chi connectivity index (χ0v) is 7.30. The van der Waals surface area contributed by atoms with Crippen molar-refractivity contribution in [2.45, 2.75) is 6.92 Å². The van der Waals surface area contributed by atoms with Gasteiger partial charge in [-0.3, -0.25) is 10.1 Å². The molecule has 0 heterocycles. The van der Waals surface area contributed by atoms with Crippen molar-refractivity contribution in [1.29, 1.82) is 0 Å². The summed E-state index contributed by atoms with van der Waals surface area (Å²) in [5.41, 5.74) is 5.90. The van der Waals surface area contributed by atoms with Crippen molar-refractivity contribution in [3.05, 3.63) is 34.4 Å². The van der Waals surface area contributed by atoms with E-state index >= 15 is 0 Å². The van der Waals surface area contributed by atoms with Gasteiger partial charge in [0.1, 0.15) is 0 Å². The Hall–Kier alpha value is -1.62. The van der Waals surface area contributed by atoms with Gasteiger partial charge in [-0.1, -0.05) is 0 Å². The van der Waals surface area contributed by atoms with Crippen molar-refractivity contribution in [3.63, 3.8) is 0 Å². The third-order valence-corrected chi connectivity index (χ3v) is 1.10. The number of nitrogen functional groups attached to an aromatic ring is 1. The zero-order valence-electron chi connectivity index (χ0n) is 7.30. The van der Waals surface area contributed by atoms with Gasteiger partial charge >= 0.3 is 0 Å². The number of aliphatic hydroxyl groups excluding tert-OH is 1. The number of hydrogen-bond donors (Lipinski definition) is 2. The van der Waals surface area contributed by atoms with Crippen LogP contribution in [-0.2, 0) is 0 Å². The molecule has 1 aromatic carbocycles. The van der Waals surface area contributed by atoms with Crippen LogP contribution in [0.1, 0.15) is 6.92 Å². The van der Waals surface area contributed by atoms with Gasteiger partial charge in [0, 0.05) is 24.4 Å². The summed E-state index contributed by atoms with van der Waals surface area (Å²) in [5.74, 6) is 0. The Morgan fingerprint density at radius 1 is 1.46 bits per heavy atom. The van der Waals surface area contributed by atoms with Crippen LogP contribution in [0.5, 0.6) is 0 Å². The predicted molar refractivity (Wildman–Crippen MR) is 50.3 cm³/mol. The topological polar surface area (TPSA) is 89.4 Å². The number of nitro groups is 1.